The van der Waals surface area contributed by atoms with Crippen molar-refractivity contribution in [3.63, 3.8) is 0 Å². The number of amides is 1. The third kappa shape index (κ3) is 3.04. The standard InChI is InChI=1S/C15H18N4O2/c1-11-13(5-9-21-11)14(20)18-12-4-2-8-19(10-12)15-16-6-3-7-17-15/h3,5-7,9,12H,2,4,8,10H2,1H3,(H,18,20)/t12-/m1/s1. The maximum Gasteiger partial charge on any atom is 0.255 e. The monoisotopic (exact) mass is 286 g/mol. The van der Waals surface area contributed by atoms with Crippen LogP contribution in [-0.2, 0) is 0 Å². The van der Waals surface area contributed by atoms with Gasteiger partial charge in [-0.1, -0.05) is 0 Å². The molecule has 1 N–H and O–H groups in total. The lowest BCUT2D eigenvalue weighted by molar-refractivity contribution is 0.0931. The van der Waals surface area contributed by atoms with Gasteiger partial charge in [0.15, 0.2) is 0 Å². The molecule has 3 rings (SSSR count). The zero-order chi connectivity index (χ0) is 14.7. The lowest BCUT2D eigenvalue weighted by atomic mass is 10.1. The first-order chi connectivity index (χ1) is 10.2. The molecule has 0 spiro atoms. The highest BCUT2D eigenvalue weighted by Crippen LogP contribution is 2.16. The molecule has 0 radical (unpaired) electrons. The largest absolute Gasteiger partial charge is 0.469 e. The van der Waals surface area contributed by atoms with E-state index < -0.39 is 0 Å². The Labute approximate surface area is 123 Å². The second kappa shape index (κ2) is 5.95. The molecule has 2 aromatic heterocycles. The van der Waals surface area contributed by atoms with Gasteiger partial charge in [-0.3, -0.25) is 4.79 Å². The molecule has 3 heterocycles. The van der Waals surface area contributed by atoms with Gasteiger partial charge in [-0.15, -0.1) is 0 Å². The van der Waals surface area contributed by atoms with Crippen LogP contribution in [-0.4, -0.2) is 35.0 Å². The Hall–Kier alpha value is -2.37. The molecule has 110 valence electrons. The second-order valence-corrected chi connectivity index (χ2v) is 5.20. The van der Waals surface area contributed by atoms with Crippen LogP contribution in [0.5, 0.6) is 0 Å². The topological polar surface area (TPSA) is 71.3 Å². The number of aromatic nitrogens is 2. The van der Waals surface area contributed by atoms with Crippen LogP contribution in [0.4, 0.5) is 5.95 Å². The molecule has 0 aromatic carbocycles. The summed E-state index contributed by atoms with van der Waals surface area (Å²) in [5.41, 5.74) is 0.600. The van der Waals surface area contributed by atoms with Gasteiger partial charge in [0.2, 0.25) is 5.95 Å². The van der Waals surface area contributed by atoms with Crippen molar-refractivity contribution in [1.29, 1.82) is 0 Å². The van der Waals surface area contributed by atoms with Gasteiger partial charge in [0.1, 0.15) is 5.76 Å². The summed E-state index contributed by atoms with van der Waals surface area (Å²) < 4.78 is 5.17. The Balaban J connectivity index is 1.64. The first-order valence-electron chi connectivity index (χ1n) is 7.11. The highest BCUT2D eigenvalue weighted by Gasteiger charge is 2.24. The Kier molecular flexibility index (Phi) is 3.85. The van der Waals surface area contributed by atoms with Crippen molar-refractivity contribution in [2.45, 2.75) is 25.8 Å². The van der Waals surface area contributed by atoms with Gasteiger partial charge in [-0.2, -0.15) is 0 Å². The number of nitrogens with one attached hydrogen (secondary N) is 1. The van der Waals surface area contributed by atoms with Crippen molar-refractivity contribution in [2.24, 2.45) is 0 Å². The molecule has 0 aliphatic carbocycles. The Morgan fingerprint density at radius 1 is 1.43 bits per heavy atom. The maximum absolute atomic E-state index is 12.2. The van der Waals surface area contributed by atoms with Crippen molar-refractivity contribution in [3.8, 4) is 0 Å². The fourth-order valence-electron chi connectivity index (χ4n) is 2.61. The van der Waals surface area contributed by atoms with E-state index in [4.69, 9.17) is 4.42 Å². The van der Waals surface area contributed by atoms with E-state index in [1.807, 2.05) is 0 Å². The van der Waals surface area contributed by atoms with Crippen LogP contribution < -0.4 is 10.2 Å². The number of nitrogens with zero attached hydrogens (tertiary/aromatic N) is 3. The molecule has 1 aliphatic heterocycles. The van der Waals surface area contributed by atoms with Crippen LogP contribution in [0.25, 0.3) is 0 Å². The number of hydrogen-bond acceptors (Lipinski definition) is 5. The minimum Gasteiger partial charge on any atom is -0.469 e. The minimum atomic E-state index is -0.0814. The van der Waals surface area contributed by atoms with Crippen molar-refractivity contribution in [1.82, 2.24) is 15.3 Å². The molecule has 21 heavy (non-hydrogen) atoms. The second-order valence-electron chi connectivity index (χ2n) is 5.20. The maximum atomic E-state index is 12.2. The first-order valence-corrected chi connectivity index (χ1v) is 7.11. The zero-order valence-electron chi connectivity index (χ0n) is 12.0. The van der Waals surface area contributed by atoms with E-state index in [0.29, 0.717) is 11.3 Å². The van der Waals surface area contributed by atoms with Crippen molar-refractivity contribution in [2.75, 3.05) is 18.0 Å². The van der Waals surface area contributed by atoms with Crippen molar-refractivity contribution in [3.05, 3.63) is 42.1 Å². The molecule has 1 saturated heterocycles. The van der Waals surface area contributed by atoms with E-state index in [-0.39, 0.29) is 11.9 Å². The van der Waals surface area contributed by atoms with Crippen LogP contribution in [0.1, 0.15) is 29.0 Å². The van der Waals surface area contributed by atoms with Crippen LogP contribution in [0, 0.1) is 6.92 Å². The number of furan rings is 1. The molecule has 6 heteroatoms. The SMILES string of the molecule is Cc1occc1C(=O)N[C@@H]1CCCN(c2ncccn2)C1. The third-order valence-electron chi connectivity index (χ3n) is 3.70. The predicted octanol–water partition coefficient (Wildman–Crippen LogP) is 1.78. The van der Waals surface area contributed by atoms with Crippen molar-refractivity contribution >= 4 is 11.9 Å². The van der Waals surface area contributed by atoms with Crippen LogP contribution in [0.3, 0.4) is 0 Å². The fourth-order valence-corrected chi connectivity index (χ4v) is 2.61. The summed E-state index contributed by atoms with van der Waals surface area (Å²) in [5.74, 6) is 1.28. The molecule has 0 unspecified atom stereocenters. The molecule has 0 saturated carbocycles. The molecule has 1 amide bonds. The summed E-state index contributed by atoms with van der Waals surface area (Å²) in [6.45, 7) is 3.44. The van der Waals surface area contributed by atoms with E-state index in [0.717, 1.165) is 31.9 Å². The number of hydrogen-bond donors (Lipinski definition) is 1. The molecular formula is C15H18N4O2. The van der Waals surface area contributed by atoms with Gasteiger partial charge in [0.25, 0.3) is 5.91 Å². The average molecular weight is 286 g/mol. The van der Waals surface area contributed by atoms with Gasteiger partial charge in [-0.05, 0) is 31.9 Å². The van der Waals surface area contributed by atoms with Crippen LogP contribution in [0.2, 0.25) is 0 Å². The van der Waals surface area contributed by atoms with E-state index in [1.165, 1.54) is 6.26 Å². The van der Waals surface area contributed by atoms with Gasteiger partial charge >= 0.3 is 0 Å². The summed E-state index contributed by atoms with van der Waals surface area (Å²) in [6, 6.07) is 3.60. The summed E-state index contributed by atoms with van der Waals surface area (Å²) in [6.07, 6.45) is 6.98. The molecule has 1 atom stereocenters. The lowest BCUT2D eigenvalue weighted by Crippen LogP contribution is -2.48. The third-order valence-corrected chi connectivity index (χ3v) is 3.70. The highest BCUT2D eigenvalue weighted by molar-refractivity contribution is 5.95. The number of rotatable bonds is 3. The highest BCUT2D eigenvalue weighted by atomic mass is 16.3. The fraction of sp³-hybridized carbons (Fsp3) is 0.400. The summed E-state index contributed by atoms with van der Waals surface area (Å²) in [4.78, 5) is 22.9. The minimum absolute atomic E-state index is 0.0814. The number of aryl methyl sites for hydroxylation is 1. The number of carbonyl (C=O) groups excluding carboxylic acids is 1. The van der Waals surface area contributed by atoms with Gasteiger partial charge in [0.05, 0.1) is 11.8 Å². The zero-order valence-corrected chi connectivity index (χ0v) is 12.0. The number of carbonyl (C=O) groups is 1. The smallest absolute Gasteiger partial charge is 0.255 e. The number of anilines is 1. The van der Waals surface area contributed by atoms with E-state index in [2.05, 4.69) is 20.2 Å². The van der Waals surface area contributed by atoms with E-state index in [9.17, 15) is 4.79 Å². The van der Waals surface area contributed by atoms with Gasteiger partial charge in [0, 0.05) is 31.5 Å². The predicted molar refractivity (Wildman–Crippen MR) is 78.2 cm³/mol. The first kappa shape index (κ1) is 13.6. The molecule has 1 aliphatic rings. The Morgan fingerprint density at radius 2 is 2.24 bits per heavy atom. The summed E-state index contributed by atoms with van der Waals surface area (Å²) >= 11 is 0. The Bertz CT molecular complexity index is 611. The quantitative estimate of drug-likeness (QED) is 0.931. The molecule has 1 fully saturated rings. The molecular weight excluding hydrogens is 268 g/mol. The van der Waals surface area contributed by atoms with Gasteiger partial charge < -0.3 is 14.6 Å². The average Bonchev–Trinajstić information content (AvgIpc) is 2.95. The lowest BCUT2D eigenvalue weighted by Gasteiger charge is -2.33. The molecule has 0 bridgehead atoms. The Morgan fingerprint density at radius 3 is 2.95 bits per heavy atom. The van der Waals surface area contributed by atoms with Crippen molar-refractivity contribution < 1.29 is 9.21 Å². The number of piperidine rings is 1. The van der Waals surface area contributed by atoms with E-state index >= 15 is 0 Å². The summed E-state index contributed by atoms with van der Waals surface area (Å²) in [7, 11) is 0. The molecule has 2 aromatic rings. The van der Waals surface area contributed by atoms with E-state index in [1.54, 1.807) is 31.5 Å². The van der Waals surface area contributed by atoms with Gasteiger partial charge in [-0.25, -0.2) is 9.97 Å². The molecule has 6 nitrogen and oxygen atoms in total. The van der Waals surface area contributed by atoms with Crippen LogP contribution >= 0.6 is 0 Å². The normalized spacial score (nSPS) is 18.5. The summed E-state index contributed by atoms with van der Waals surface area (Å²) in [5, 5.41) is 3.07. The van der Waals surface area contributed by atoms with Crippen LogP contribution in [0.15, 0.2) is 35.2 Å².